The Kier molecular flexibility index (Phi) is 7.37. The highest BCUT2D eigenvalue weighted by atomic mass is 19.1. The molecule has 8 rings (SSSR count). The topological polar surface area (TPSA) is 29.3 Å². The van der Waals surface area contributed by atoms with Gasteiger partial charge in [-0.2, -0.15) is 0 Å². The molecule has 0 aliphatic rings. The van der Waals surface area contributed by atoms with Crippen LogP contribution in [-0.4, -0.2) is 4.98 Å². The van der Waals surface area contributed by atoms with E-state index in [1.807, 2.05) is 24.3 Å². The summed E-state index contributed by atoms with van der Waals surface area (Å²) >= 11 is 0. The second-order valence-corrected chi connectivity index (χ2v) is 11.3. The van der Waals surface area contributed by atoms with Gasteiger partial charge < -0.3 is 9.32 Å². The van der Waals surface area contributed by atoms with Gasteiger partial charge in [0.2, 0.25) is 5.89 Å². The van der Waals surface area contributed by atoms with Gasteiger partial charge in [-0.1, -0.05) is 115 Å². The van der Waals surface area contributed by atoms with Crippen LogP contribution in [0.5, 0.6) is 0 Å². The van der Waals surface area contributed by atoms with Gasteiger partial charge in [0.1, 0.15) is 5.52 Å². The minimum Gasteiger partial charge on any atom is -0.433 e. The van der Waals surface area contributed by atoms with Crippen LogP contribution in [0.1, 0.15) is 0 Å². The minimum atomic E-state index is -0.412. The molecule has 7 aromatic carbocycles. The number of halogens is 1. The van der Waals surface area contributed by atoms with E-state index >= 15 is 0 Å². The maximum Gasteiger partial charge on any atom is 0.227 e. The van der Waals surface area contributed by atoms with E-state index in [-0.39, 0.29) is 5.58 Å². The molecule has 0 N–H and O–H groups in total. The second-order valence-electron chi connectivity index (χ2n) is 11.3. The molecule has 4 heteroatoms. The Morgan fingerprint density at radius 1 is 0.404 bits per heavy atom. The molecule has 0 aliphatic heterocycles. The second kappa shape index (κ2) is 12.3. The first-order chi connectivity index (χ1) is 23.2. The van der Waals surface area contributed by atoms with E-state index in [9.17, 15) is 4.39 Å². The third kappa shape index (κ3) is 5.47. The summed E-state index contributed by atoms with van der Waals surface area (Å²) in [7, 11) is 0. The van der Waals surface area contributed by atoms with Gasteiger partial charge >= 0.3 is 0 Å². The molecule has 8 aromatic rings. The molecular formula is C43H29FN2O. The number of fused-ring (bicyclic) bond motifs is 1. The van der Waals surface area contributed by atoms with Gasteiger partial charge in [0.25, 0.3) is 0 Å². The molecule has 0 atom stereocenters. The molecule has 0 amide bonds. The summed E-state index contributed by atoms with van der Waals surface area (Å²) in [6.45, 7) is 0. The SMILES string of the molecule is Fc1cccc2nc(-c3ccc(-c4ccccc4-c4ccccc4-c4ccc(N(c5ccccc5)c5ccccc5)cc4)cc3)oc12. The fourth-order valence-corrected chi connectivity index (χ4v) is 6.16. The van der Waals surface area contributed by atoms with Crippen LogP contribution in [0.4, 0.5) is 21.5 Å². The van der Waals surface area contributed by atoms with Gasteiger partial charge in [-0.3, -0.25) is 0 Å². The van der Waals surface area contributed by atoms with Crippen LogP contribution in [0.15, 0.2) is 180 Å². The van der Waals surface area contributed by atoms with Crippen LogP contribution in [0.2, 0.25) is 0 Å². The maximum atomic E-state index is 14.2. The van der Waals surface area contributed by atoms with E-state index in [1.165, 1.54) is 6.07 Å². The van der Waals surface area contributed by atoms with E-state index in [0.29, 0.717) is 11.4 Å². The predicted molar refractivity (Wildman–Crippen MR) is 190 cm³/mol. The van der Waals surface area contributed by atoms with Gasteiger partial charge in [0, 0.05) is 22.6 Å². The summed E-state index contributed by atoms with van der Waals surface area (Å²) in [5, 5.41) is 0. The van der Waals surface area contributed by atoms with E-state index in [2.05, 4.69) is 143 Å². The standard InChI is InChI=1S/C43H29FN2O/c44-40-20-11-21-41-42(40)47-43(45-41)32-24-22-30(23-25-32)36-16-7-9-18-38(36)39-19-10-8-17-37(39)31-26-28-35(29-27-31)46(33-12-3-1-4-13-33)34-14-5-2-6-15-34/h1-29H. The van der Waals surface area contributed by atoms with Crippen molar-refractivity contribution in [2.45, 2.75) is 0 Å². The summed E-state index contributed by atoms with van der Waals surface area (Å²) < 4.78 is 20.0. The fourth-order valence-electron chi connectivity index (χ4n) is 6.16. The van der Waals surface area contributed by atoms with E-state index in [0.717, 1.165) is 56.0 Å². The molecule has 1 heterocycles. The van der Waals surface area contributed by atoms with Gasteiger partial charge in [-0.25, -0.2) is 9.37 Å². The third-order valence-electron chi connectivity index (χ3n) is 8.42. The Morgan fingerprint density at radius 3 is 1.38 bits per heavy atom. The number of aromatic nitrogens is 1. The number of oxazole rings is 1. The summed E-state index contributed by atoms with van der Waals surface area (Å²) in [6, 6.07) is 59.5. The van der Waals surface area contributed by atoms with Gasteiger partial charge in [0.05, 0.1) is 0 Å². The number of anilines is 3. The molecule has 0 unspecified atom stereocenters. The van der Waals surface area contributed by atoms with Crippen LogP contribution < -0.4 is 4.90 Å². The van der Waals surface area contributed by atoms with E-state index in [1.54, 1.807) is 12.1 Å². The van der Waals surface area contributed by atoms with E-state index in [4.69, 9.17) is 4.42 Å². The quantitative estimate of drug-likeness (QED) is 0.180. The lowest BCUT2D eigenvalue weighted by Crippen LogP contribution is -2.09. The Labute approximate surface area is 272 Å². The molecule has 0 bridgehead atoms. The zero-order valence-electron chi connectivity index (χ0n) is 25.4. The smallest absolute Gasteiger partial charge is 0.227 e. The van der Waals surface area contributed by atoms with Gasteiger partial charge in [-0.05, 0) is 94.0 Å². The van der Waals surface area contributed by atoms with Crippen molar-refractivity contribution in [3.63, 3.8) is 0 Å². The first kappa shape index (κ1) is 28.2. The Bertz CT molecular complexity index is 2250. The molecular weight excluding hydrogens is 579 g/mol. The van der Waals surface area contributed by atoms with Crippen molar-refractivity contribution in [1.29, 1.82) is 0 Å². The van der Waals surface area contributed by atoms with Gasteiger partial charge in [0.15, 0.2) is 11.4 Å². The fraction of sp³-hybridized carbons (Fsp3) is 0. The highest BCUT2D eigenvalue weighted by Gasteiger charge is 2.16. The normalized spacial score (nSPS) is 11.1. The zero-order chi connectivity index (χ0) is 31.6. The minimum absolute atomic E-state index is 0.175. The van der Waals surface area contributed by atoms with Crippen molar-refractivity contribution in [3.05, 3.63) is 182 Å². The Balaban J connectivity index is 1.14. The highest BCUT2D eigenvalue weighted by Crippen LogP contribution is 2.40. The number of nitrogens with zero attached hydrogens (tertiary/aromatic N) is 2. The van der Waals surface area contributed by atoms with Crippen molar-refractivity contribution >= 4 is 28.2 Å². The molecule has 0 saturated carbocycles. The van der Waals surface area contributed by atoms with Crippen molar-refractivity contribution in [1.82, 2.24) is 4.98 Å². The first-order valence-corrected chi connectivity index (χ1v) is 15.6. The molecule has 0 spiro atoms. The van der Waals surface area contributed by atoms with E-state index < -0.39 is 5.82 Å². The van der Waals surface area contributed by atoms with Crippen LogP contribution >= 0.6 is 0 Å². The summed E-state index contributed by atoms with van der Waals surface area (Å²) in [4.78, 5) is 6.77. The average molecular weight is 609 g/mol. The number of rotatable bonds is 7. The van der Waals surface area contributed by atoms with Crippen LogP contribution in [0.25, 0.3) is 55.9 Å². The largest absolute Gasteiger partial charge is 0.433 e. The van der Waals surface area contributed by atoms with Crippen molar-refractivity contribution < 1.29 is 8.81 Å². The number of benzene rings is 7. The highest BCUT2D eigenvalue weighted by molar-refractivity contribution is 5.92. The summed E-state index contributed by atoms with van der Waals surface area (Å²) in [5.41, 5.74) is 11.5. The Morgan fingerprint density at radius 2 is 0.851 bits per heavy atom. The monoisotopic (exact) mass is 608 g/mol. The molecule has 0 fully saturated rings. The first-order valence-electron chi connectivity index (χ1n) is 15.6. The van der Waals surface area contributed by atoms with Crippen LogP contribution in [0, 0.1) is 5.82 Å². The average Bonchev–Trinajstić information content (AvgIpc) is 3.59. The predicted octanol–water partition coefficient (Wildman–Crippen LogP) is 12.1. The summed E-state index contributed by atoms with van der Waals surface area (Å²) in [5.74, 6) is -0.0124. The van der Waals surface area contributed by atoms with Crippen molar-refractivity contribution in [2.75, 3.05) is 4.90 Å². The summed E-state index contributed by atoms with van der Waals surface area (Å²) in [6.07, 6.45) is 0. The molecule has 0 aliphatic carbocycles. The van der Waals surface area contributed by atoms with Gasteiger partial charge in [-0.15, -0.1) is 0 Å². The Hall–Kier alpha value is -6.26. The lowest BCUT2D eigenvalue weighted by molar-refractivity contribution is 0.564. The number of hydrogen-bond donors (Lipinski definition) is 0. The lowest BCUT2D eigenvalue weighted by Gasteiger charge is -2.25. The van der Waals surface area contributed by atoms with Crippen molar-refractivity contribution in [2.24, 2.45) is 0 Å². The van der Waals surface area contributed by atoms with Crippen molar-refractivity contribution in [3.8, 4) is 44.8 Å². The number of hydrogen-bond acceptors (Lipinski definition) is 3. The van der Waals surface area contributed by atoms with Crippen LogP contribution in [-0.2, 0) is 0 Å². The molecule has 0 radical (unpaired) electrons. The molecule has 47 heavy (non-hydrogen) atoms. The lowest BCUT2D eigenvalue weighted by atomic mass is 9.89. The zero-order valence-corrected chi connectivity index (χ0v) is 25.4. The number of para-hydroxylation sites is 3. The molecule has 3 nitrogen and oxygen atoms in total. The maximum absolute atomic E-state index is 14.2. The molecule has 1 aromatic heterocycles. The molecule has 224 valence electrons. The molecule has 0 saturated heterocycles. The van der Waals surface area contributed by atoms with Crippen LogP contribution in [0.3, 0.4) is 0 Å². The third-order valence-corrected chi connectivity index (χ3v) is 8.42.